The van der Waals surface area contributed by atoms with Crippen molar-refractivity contribution < 1.29 is 0 Å². The van der Waals surface area contributed by atoms with E-state index < -0.39 is 0 Å². The Kier molecular flexibility index (Phi) is 7.70. The van der Waals surface area contributed by atoms with Crippen LogP contribution in [-0.2, 0) is 6.42 Å². The molecule has 1 aromatic carbocycles. The molecule has 0 radical (unpaired) electrons. The largest absolute Gasteiger partial charge is 0.271 e. The molecule has 2 nitrogen and oxygen atoms in total. The lowest BCUT2D eigenvalue weighted by Crippen LogP contribution is -2.41. The van der Waals surface area contributed by atoms with Crippen LogP contribution < -0.4 is 11.3 Å². The van der Waals surface area contributed by atoms with Crippen molar-refractivity contribution in [3.63, 3.8) is 0 Å². The molecule has 0 spiro atoms. The van der Waals surface area contributed by atoms with E-state index in [4.69, 9.17) is 5.84 Å². The molecule has 3 N–H and O–H groups in total. The monoisotopic (exact) mass is 248 g/mol. The van der Waals surface area contributed by atoms with Crippen molar-refractivity contribution >= 4 is 0 Å². The van der Waals surface area contributed by atoms with E-state index in [2.05, 4.69) is 49.6 Å². The number of nitrogens with two attached hydrogens (primary N) is 1. The van der Waals surface area contributed by atoms with E-state index >= 15 is 0 Å². The molecule has 1 unspecified atom stereocenters. The van der Waals surface area contributed by atoms with Crippen LogP contribution in [0.5, 0.6) is 0 Å². The number of hydrogen-bond donors (Lipinski definition) is 2. The lowest BCUT2D eigenvalue weighted by Gasteiger charge is -2.26. The summed E-state index contributed by atoms with van der Waals surface area (Å²) < 4.78 is 0. The Hall–Kier alpha value is -0.860. The van der Waals surface area contributed by atoms with Crippen molar-refractivity contribution in [2.24, 2.45) is 11.8 Å². The number of nitrogens with one attached hydrogen (secondary N) is 1. The first-order valence-electron chi connectivity index (χ1n) is 7.31. The molecule has 0 aromatic heterocycles. The molecule has 0 aliphatic rings. The van der Waals surface area contributed by atoms with Crippen LogP contribution in [0.1, 0.15) is 51.5 Å². The Balaban J connectivity index is 2.48. The first-order valence-corrected chi connectivity index (χ1v) is 7.31. The molecule has 1 atom stereocenters. The minimum absolute atomic E-state index is 0.449. The Morgan fingerprint density at radius 2 is 1.61 bits per heavy atom. The second-order valence-corrected chi connectivity index (χ2v) is 5.13. The van der Waals surface area contributed by atoms with Crippen molar-refractivity contribution in [2.75, 3.05) is 0 Å². The van der Waals surface area contributed by atoms with Crippen LogP contribution in [0.25, 0.3) is 0 Å². The number of hydrazine groups is 1. The summed E-state index contributed by atoms with van der Waals surface area (Å²) in [7, 11) is 0. The van der Waals surface area contributed by atoms with Gasteiger partial charge in [0.2, 0.25) is 0 Å². The zero-order valence-electron chi connectivity index (χ0n) is 11.9. The molecule has 102 valence electrons. The summed E-state index contributed by atoms with van der Waals surface area (Å²) in [6.45, 7) is 4.51. The summed E-state index contributed by atoms with van der Waals surface area (Å²) in [6, 6.07) is 11.1. The van der Waals surface area contributed by atoms with Gasteiger partial charge in [0, 0.05) is 6.04 Å². The highest BCUT2D eigenvalue weighted by molar-refractivity contribution is 5.14. The average molecular weight is 248 g/mol. The zero-order chi connectivity index (χ0) is 13.2. The van der Waals surface area contributed by atoms with Crippen LogP contribution in [0, 0.1) is 5.92 Å². The second-order valence-electron chi connectivity index (χ2n) is 5.13. The highest BCUT2D eigenvalue weighted by Gasteiger charge is 2.18. The Morgan fingerprint density at radius 3 is 2.11 bits per heavy atom. The lowest BCUT2D eigenvalue weighted by atomic mass is 9.87. The molecule has 0 fully saturated rings. The Morgan fingerprint density at radius 1 is 1.00 bits per heavy atom. The fourth-order valence-corrected chi connectivity index (χ4v) is 2.71. The minimum atomic E-state index is 0.449. The number of rotatable bonds is 9. The molecule has 0 bridgehead atoms. The highest BCUT2D eigenvalue weighted by atomic mass is 15.2. The summed E-state index contributed by atoms with van der Waals surface area (Å²) >= 11 is 0. The smallest absolute Gasteiger partial charge is 0.0241 e. The van der Waals surface area contributed by atoms with Crippen LogP contribution in [0.3, 0.4) is 0 Å². The number of benzene rings is 1. The van der Waals surface area contributed by atoms with Gasteiger partial charge >= 0.3 is 0 Å². The van der Waals surface area contributed by atoms with Crippen molar-refractivity contribution in [3.8, 4) is 0 Å². The maximum Gasteiger partial charge on any atom is 0.0241 e. The standard InChI is InChI=1S/C16H28N2/c1-3-8-15(9-4-2)16(18-17)13-12-14-10-6-5-7-11-14/h5-7,10-11,15-16,18H,3-4,8-9,12-13,17H2,1-2H3. The van der Waals surface area contributed by atoms with Crippen LogP contribution >= 0.6 is 0 Å². The van der Waals surface area contributed by atoms with E-state index in [9.17, 15) is 0 Å². The van der Waals surface area contributed by atoms with Gasteiger partial charge < -0.3 is 0 Å². The van der Waals surface area contributed by atoms with Crippen molar-refractivity contribution in [2.45, 2.75) is 58.4 Å². The maximum absolute atomic E-state index is 5.75. The van der Waals surface area contributed by atoms with E-state index in [1.807, 2.05) is 0 Å². The molecule has 18 heavy (non-hydrogen) atoms. The van der Waals surface area contributed by atoms with Crippen LogP contribution in [0.4, 0.5) is 0 Å². The second kappa shape index (κ2) is 9.12. The summed E-state index contributed by atoms with van der Waals surface area (Å²) in [4.78, 5) is 0. The normalized spacial score (nSPS) is 12.9. The Bertz CT molecular complexity index is 291. The van der Waals surface area contributed by atoms with E-state index in [1.54, 1.807) is 0 Å². The van der Waals surface area contributed by atoms with Gasteiger partial charge in [0.15, 0.2) is 0 Å². The average Bonchev–Trinajstić information content (AvgIpc) is 2.41. The van der Waals surface area contributed by atoms with Crippen LogP contribution in [0.2, 0.25) is 0 Å². The van der Waals surface area contributed by atoms with Gasteiger partial charge in [-0.1, -0.05) is 57.0 Å². The lowest BCUT2D eigenvalue weighted by molar-refractivity contribution is 0.299. The molecular weight excluding hydrogens is 220 g/mol. The van der Waals surface area contributed by atoms with E-state index in [0.717, 1.165) is 12.8 Å². The molecule has 0 saturated heterocycles. The zero-order valence-corrected chi connectivity index (χ0v) is 11.9. The SMILES string of the molecule is CCCC(CCC)C(CCc1ccccc1)NN. The summed E-state index contributed by atoms with van der Waals surface area (Å²) in [5.41, 5.74) is 4.45. The number of hydrogen-bond acceptors (Lipinski definition) is 2. The van der Waals surface area contributed by atoms with Crippen molar-refractivity contribution in [1.82, 2.24) is 5.43 Å². The molecule has 0 saturated carbocycles. The third kappa shape index (κ3) is 5.19. The van der Waals surface area contributed by atoms with Gasteiger partial charge in [-0.25, -0.2) is 0 Å². The molecular formula is C16H28N2. The molecule has 0 heterocycles. The highest BCUT2D eigenvalue weighted by Crippen LogP contribution is 2.21. The number of aryl methyl sites for hydroxylation is 1. The maximum atomic E-state index is 5.75. The topological polar surface area (TPSA) is 38.0 Å². The van der Waals surface area contributed by atoms with Gasteiger partial charge in [-0.3, -0.25) is 11.3 Å². The minimum Gasteiger partial charge on any atom is -0.271 e. The summed E-state index contributed by atoms with van der Waals surface area (Å²) in [5.74, 6) is 6.46. The van der Waals surface area contributed by atoms with Crippen molar-refractivity contribution in [3.05, 3.63) is 35.9 Å². The predicted molar refractivity (Wildman–Crippen MR) is 79.2 cm³/mol. The molecule has 2 heteroatoms. The van der Waals surface area contributed by atoms with E-state index in [-0.39, 0.29) is 0 Å². The van der Waals surface area contributed by atoms with Gasteiger partial charge in [0.1, 0.15) is 0 Å². The predicted octanol–water partition coefficient (Wildman–Crippen LogP) is 3.67. The van der Waals surface area contributed by atoms with Gasteiger partial charge in [-0.2, -0.15) is 0 Å². The molecule has 0 aliphatic carbocycles. The molecule has 1 aromatic rings. The molecule has 0 aliphatic heterocycles. The molecule has 1 rings (SSSR count). The first-order chi connectivity index (χ1) is 8.81. The van der Waals surface area contributed by atoms with Crippen LogP contribution in [-0.4, -0.2) is 6.04 Å². The third-order valence-electron chi connectivity index (χ3n) is 3.69. The van der Waals surface area contributed by atoms with E-state index in [0.29, 0.717) is 12.0 Å². The van der Waals surface area contributed by atoms with Gasteiger partial charge in [-0.05, 0) is 37.2 Å². The fourth-order valence-electron chi connectivity index (χ4n) is 2.71. The van der Waals surface area contributed by atoms with Gasteiger partial charge in [-0.15, -0.1) is 0 Å². The summed E-state index contributed by atoms with van der Waals surface area (Å²) in [5, 5.41) is 0. The Labute approximate surface area is 112 Å². The van der Waals surface area contributed by atoms with Gasteiger partial charge in [0.05, 0.1) is 0 Å². The van der Waals surface area contributed by atoms with Gasteiger partial charge in [0.25, 0.3) is 0 Å². The van der Waals surface area contributed by atoms with Crippen molar-refractivity contribution in [1.29, 1.82) is 0 Å². The fraction of sp³-hybridized carbons (Fsp3) is 0.625. The van der Waals surface area contributed by atoms with E-state index in [1.165, 1.54) is 31.2 Å². The quantitative estimate of drug-likeness (QED) is 0.517. The summed E-state index contributed by atoms with van der Waals surface area (Å²) in [6.07, 6.45) is 7.28. The third-order valence-corrected chi connectivity index (χ3v) is 3.69. The molecule has 0 amide bonds. The van der Waals surface area contributed by atoms with Crippen LogP contribution in [0.15, 0.2) is 30.3 Å². The first kappa shape index (κ1) is 15.2.